The van der Waals surface area contributed by atoms with Crippen molar-refractivity contribution in [1.29, 1.82) is 0 Å². The second-order valence-electron chi connectivity index (χ2n) is 9.32. The first-order chi connectivity index (χ1) is 15.1. The monoisotopic (exact) mass is 418 g/mol. The first-order valence-electron chi connectivity index (χ1n) is 11.3. The highest BCUT2D eigenvalue weighted by Crippen LogP contribution is 2.52. The summed E-state index contributed by atoms with van der Waals surface area (Å²) in [6.07, 6.45) is 11.2. The molecule has 7 nitrogen and oxygen atoms in total. The molecule has 2 saturated heterocycles. The largest absolute Gasteiger partial charge is 0.449 e. The highest BCUT2D eigenvalue weighted by molar-refractivity contribution is 5.95. The number of piperidine rings is 1. The van der Waals surface area contributed by atoms with E-state index in [9.17, 15) is 9.59 Å². The highest BCUT2D eigenvalue weighted by Gasteiger charge is 2.58. The van der Waals surface area contributed by atoms with Crippen LogP contribution < -0.4 is 4.90 Å². The van der Waals surface area contributed by atoms with Crippen LogP contribution in [0.3, 0.4) is 0 Å². The first-order valence-corrected chi connectivity index (χ1v) is 11.3. The number of carbonyl (C=O) groups is 2. The SMILES string of the molecule is O=C1O[C@]2(CCN(C(=O)C3(c4ccc(N5CCCCC5)nc4)CC3)C2)c2ccncc21. The van der Waals surface area contributed by atoms with Gasteiger partial charge in [0.15, 0.2) is 5.60 Å². The first kappa shape index (κ1) is 18.8. The van der Waals surface area contributed by atoms with Gasteiger partial charge in [-0.25, -0.2) is 9.78 Å². The summed E-state index contributed by atoms with van der Waals surface area (Å²) in [4.78, 5) is 38.9. The minimum absolute atomic E-state index is 0.135. The maximum absolute atomic E-state index is 13.6. The summed E-state index contributed by atoms with van der Waals surface area (Å²) in [6.45, 7) is 3.12. The summed E-state index contributed by atoms with van der Waals surface area (Å²) in [5.74, 6) is 0.807. The molecular weight excluding hydrogens is 392 g/mol. The molecule has 5 heterocycles. The normalized spacial score (nSPS) is 26.1. The Morgan fingerprint density at radius 1 is 1.00 bits per heavy atom. The summed E-state index contributed by atoms with van der Waals surface area (Å²) < 4.78 is 5.79. The van der Waals surface area contributed by atoms with Crippen molar-refractivity contribution in [2.45, 2.75) is 49.5 Å². The van der Waals surface area contributed by atoms with Crippen LogP contribution in [-0.4, -0.2) is 52.9 Å². The topological polar surface area (TPSA) is 75.6 Å². The summed E-state index contributed by atoms with van der Waals surface area (Å²) in [6, 6.07) is 6.01. The van der Waals surface area contributed by atoms with Gasteiger partial charge in [-0.2, -0.15) is 0 Å². The predicted octanol–water partition coefficient (Wildman–Crippen LogP) is 2.80. The van der Waals surface area contributed by atoms with E-state index in [1.54, 1.807) is 12.4 Å². The molecule has 4 aliphatic rings. The number of nitrogens with zero attached hydrogens (tertiary/aromatic N) is 4. The van der Waals surface area contributed by atoms with Gasteiger partial charge in [0.2, 0.25) is 5.91 Å². The average Bonchev–Trinajstić information content (AvgIpc) is 3.46. The molecule has 0 bridgehead atoms. The zero-order chi connectivity index (χ0) is 21.1. The predicted molar refractivity (Wildman–Crippen MR) is 114 cm³/mol. The Morgan fingerprint density at radius 2 is 1.84 bits per heavy atom. The number of aromatic nitrogens is 2. The molecule has 1 spiro atoms. The van der Waals surface area contributed by atoms with E-state index in [-0.39, 0.29) is 11.9 Å². The van der Waals surface area contributed by atoms with Gasteiger partial charge >= 0.3 is 5.97 Å². The Hall–Kier alpha value is -2.96. The molecule has 2 aromatic heterocycles. The molecule has 0 aromatic carbocycles. The lowest BCUT2D eigenvalue weighted by Gasteiger charge is -2.29. The third kappa shape index (κ3) is 2.86. The molecule has 1 atom stereocenters. The minimum atomic E-state index is -0.725. The Morgan fingerprint density at radius 3 is 2.58 bits per heavy atom. The zero-order valence-electron chi connectivity index (χ0n) is 17.5. The van der Waals surface area contributed by atoms with E-state index in [2.05, 4.69) is 22.0 Å². The van der Waals surface area contributed by atoms with Crippen LogP contribution in [0.1, 0.15) is 60.0 Å². The van der Waals surface area contributed by atoms with Crippen LogP contribution in [0.25, 0.3) is 0 Å². The van der Waals surface area contributed by atoms with Crippen molar-refractivity contribution in [1.82, 2.24) is 14.9 Å². The zero-order valence-corrected chi connectivity index (χ0v) is 17.5. The average molecular weight is 418 g/mol. The van der Waals surface area contributed by atoms with E-state index in [1.165, 1.54) is 19.3 Å². The van der Waals surface area contributed by atoms with E-state index in [1.807, 2.05) is 17.2 Å². The van der Waals surface area contributed by atoms with E-state index in [4.69, 9.17) is 9.72 Å². The number of anilines is 1. The second kappa shape index (κ2) is 6.77. The molecule has 1 saturated carbocycles. The van der Waals surface area contributed by atoms with Crippen molar-refractivity contribution in [3.05, 3.63) is 53.5 Å². The molecule has 0 radical (unpaired) electrons. The van der Waals surface area contributed by atoms with E-state index < -0.39 is 11.0 Å². The fourth-order valence-electron chi connectivity index (χ4n) is 5.53. The van der Waals surface area contributed by atoms with Gasteiger partial charge in [0.25, 0.3) is 0 Å². The summed E-state index contributed by atoms with van der Waals surface area (Å²) >= 11 is 0. The maximum atomic E-state index is 13.6. The molecule has 31 heavy (non-hydrogen) atoms. The fourth-order valence-corrected chi connectivity index (χ4v) is 5.53. The van der Waals surface area contributed by atoms with Crippen molar-refractivity contribution in [2.24, 2.45) is 0 Å². The van der Waals surface area contributed by atoms with Gasteiger partial charge < -0.3 is 14.5 Å². The van der Waals surface area contributed by atoms with Crippen LogP contribution in [-0.2, 0) is 20.5 Å². The van der Waals surface area contributed by atoms with Crippen LogP contribution in [0.2, 0.25) is 0 Å². The number of hydrogen-bond acceptors (Lipinski definition) is 6. The Kier molecular flexibility index (Phi) is 4.10. The second-order valence-corrected chi connectivity index (χ2v) is 9.32. The number of hydrogen-bond donors (Lipinski definition) is 0. The molecule has 1 amide bonds. The Bertz CT molecular complexity index is 1040. The molecule has 3 aliphatic heterocycles. The molecule has 7 heteroatoms. The van der Waals surface area contributed by atoms with E-state index >= 15 is 0 Å². The molecule has 2 aromatic rings. The Balaban J connectivity index is 1.21. The molecule has 1 aliphatic carbocycles. The van der Waals surface area contributed by atoms with Gasteiger partial charge in [-0.05, 0) is 49.8 Å². The lowest BCUT2D eigenvalue weighted by molar-refractivity contribution is -0.134. The van der Waals surface area contributed by atoms with Crippen LogP contribution in [0, 0.1) is 0 Å². The van der Waals surface area contributed by atoms with Gasteiger partial charge in [-0.3, -0.25) is 9.78 Å². The van der Waals surface area contributed by atoms with Gasteiger partial charge in [0, 0.05) is 50.2 Å². The van der Waals surface area contributed by atoms with Crippen molar-refractivity contribution in [2.75, 3.05) is 31.1 Å². The number of ether oxygens (including phenoxy) is 1. The minimum Gasteiger partial charge on any atom is -0.449 e. The lowest BCUT2D eigenvalue weighted by atomic mass is 9.92. The van der Waals surface area contributed by atoms with Crippen molar-refractivity contribution in [3.63, 3.8) is 0 Å². The standard InChI is InChI=1S/C24H26N4O3/c29-21-18-15-25-10-6-19(18)24(31-21)9-13-28(16-24)22(30)23(7-8-23)17-4-5-20(26-14-17)27-11-2-1-3-12-27/h4-6,10,14-15H,1-3,7-9,11-13,16H2/t24-/m0/s1. The number of carbonyl (C=O) groups excluding carboxylic acids is 2. The van der Waals surface area contributed by atoms with Crippen LogP contribution in [0.4, 0.5) is 5.82 Å². The highest BCUT2D eigenvalue weighted by atomic mass is 16.6. The number of rotatable bonds is 3. The molecule has 160 valence electrons. The van der Waals surface area contributed by atoms with Gasteiger partial charge in [0.05, 0.1) is 17.5 Å². The lowest BCUT2D eigenvalue weighted by Crippen LogP contribution is -2.40. The van der Waals surface area contributed by atoms with Crippen LogP contribution >= 0.6 is 0 Å². The number of pyridine rings is 2. The summed E-state index contributed by atoms with van der Waals surface area (Å²) in [5, 5.41) is 0. The van der Waals surface area contributed by atoms with Gasteiger partial charge in [0.1, 0.15) is 5.82 Å². The molecular formula is C24H26N4O3. The molecule has 0 N–H and O–H groups in total. The molecule has 3 fully saturated rings. The third-order valence-electron chi connectivity index (χ3n) is 7.48. The van der Waals surface area contributed by atoms with Crippen molar-refractivity contribution in [3.8, 4) is 0 Å². The maximum Gasteiger partial charge on any atom is 0.341 e. The number of esters is 1. The smallest absolute Gasteiger partial charge is 0.341 e. The quantitative estimate of drug-likeness (QED) is 0.714. The molecule has 0 unspecified atom stereocenters. The van der Waals surface area contributed by atoms with Gasteiger partial charge in [-0.1, -0.05) is 6.07 Å². The number of fused-ring (bicyclic) bond motifs is 2. The fraction of sp³-hybridized carbons (Fsp3) is 0.500. The van der Waals surface area contributed by atoms with Gasteiger partial charge in [-0.15, -0.1) is 0 Å². The van der Waals surface area contributed by atoms with E-state index in [0.717, 1.165) is 42.9 Å². The van der Waals surface area contributed by atoms with E-state index in [0.29, 0.717) is 25.1 Å². The summed E-state index contributed by atoms with van der Waals surface area (Å²) in [7, 11) is 0. The molecule has 6 rings (SSSR count). The van der Waals surface area contributed by atoms with Crippen LogP contribution in [0.5, 0.6) is 0 Å². The number of amides is 1. The number of likely N-dealkylation sites (tertiary alicyclic amines) is 1. The van der Waals surface area contributed by atoms with Crippen molar-refractivity contribution >= 4 is 17.7 Å². The Labute approximate surface area is 181 Å². The van der Waals surface area contributed by atoms with Crippen LogP contribution in [0.15, 0.2) is 36.8 Å². The summed E-state index contributed by atoms with van der Waals surface area (Å²) in [5.41, 5.74) is 1.20. The third-order valence-corrected chi connectivity index (χ3v) is 7.48. The van der Waals surface area contributed by atoms with Crippen molar-refractivity contribution < 1.29 is 14.3 Å².